The van der Waals surface area contributed by atoms with Crippen LogP contribution in [0, 0.1) is 13.8 Å². The predicted octanol–water partition coefficient (Wildman–Crippen LogP) is 6.17. The predicted molar refractivity (Wildman–Crippen MR) is 146 cm³/mol. The summed E-state index contributed by atoms with van der Waals surface area (Å²) in [6, 6.07) is 20.7. The second-order valence-corrected chi connectivity index (χ2v) is 8.70. The molecule has 4 rings (SSSR count). The molecule has 4 aromatic rings. The van der Waals surface area contributed by atoms with E-state index in [0.29, 0.717) is 42.7 Å². The third-order valence-electron chi connectivity index (χ3n) is 5.69. The van der Waals surface area contributed by atoms with Crippen LogP contribution in [-0.4, -0.2) is 28.9 Å². The van der Waals surface area contributed by atoms with E-state index in [4.69, 9.17) is 18.9 Å². The number of aryl methyl sites for hydroxylation is 2. The van der Waals surface area contributed by atoms with Crippen molar-refractivity contribution in [1.82, 2.24) is 9.78 Å². The standard InChI is InChI=1S/C30H33N3O5/c1-5-35-27-14-9-23(18-29(27)36-6-2)19-37-25-12-10-24(11-13-25)31-30(34)26-15-16-33(32-26)20-38-28-17-21(3)7-8-22(28)4/h7-18H,5-6,19-20H2,1-4H3,(H,31,34). The highest BCUT2D eigenvalue weighted by molar-refractivity contribution is 6.02. The van der Waals surface area contributed by atoms with Gasteiger partial charge < -0.3 is 24.3 Å². The molecule has 1 amide bonds. The van der Waals surface area contributed by atoms with Crippen molar-refractivity contribution in [2.45, 2.75) is 41.0 Å². The zero-order chi connectivity index (χ0) is 26.9. The van der Waals surface area contributed by atoms with Gasteiger partial charge in [-0.3, -0.25) is 4.79 Å². The zero-order valence-corrected chi connectivity index (χ0v) is 22.2. The molecule has 3 aromatic carbocycles. The number of nitrogens with one attached hydrogen (secondary N) is 1. The van der Waals surface area contributed by atoms with Gasteiger partial charge in [0.15, 0.2) is 23.9 Å². The maximum Gasteiger partial charge on any atom is 0.276 e. The van der Waals surface area contributed by atoms with Crippen molar-refractivity contribution in [3.05, 3.63) is 95.3 Å². The van der Waals surface area contributed by atoms with Crippen LogP contribution in [0.4, 0.5) is 5.69 Å². The van der Waals surface area contributed by atoms with Gasteiger partial charge in [0.25, 0.3) is 5.91 Å². The Morgan fingerprint density at radius 1 is 0.816 bits per heavy atom. The summed E-state index contributed by atoms with van der Waals surface area (Å²) in [5.41, 5.74) is 4.07. The highest BCUT2D eigenvalue weighted by Gasteiger charge is 2.11. The van der Waals surface area contributed by atoms with Gasteiger partial charge in [0, 0.05) is 11.9 Å². The number of anilines is 1. The number of aromatic nitrogens is 2. The van der Waals surface area contributed by atoms with Crippen LogP contribution in [0.3, 0.4) is 0 Å². The molecule has 0 bridgehead atoms. The highest BCUT2D eigenvalue weighted by atomic mass is 16.5. The average Bonchev–Trinajstić information content (AvgIpc) is 3.40. The number of hydrogen-bond donors (Lipinski definition) is 1. The topological polar surface area (TPSA) is 83.8 Å². The Balaban J connectivity index is 1.29. The third kappa shape index (κ3) is 7.06. The number of rotatable bonds is 12. The molecule has 0 aliphatic carbocycles. The fourth-order valence-electron chi connectivity index (χ4n) is 3.73. The normalized spacial score (nSPS) is 10.6. The molecule has 8 nitrogen and oxygen atoms in total. The summed E-state index contributed by atoms with van der Waals surface area (Å²) in [7, 11) is 0. The van der Waals surface area contributed by atoms with Gasteiger partial charge in [-0.1, -0.05) is 18.2 Å². The number of carbonyl (C=O) groups excluding carboxylic acids is 1. The quantitative estimate of drug-likeness (QED) is 0.243. The SMILES string of the molecule is CCOc1ccc(COc2ccc(NC(=O)c3ccn(COc4cc(C)ccc4C)n3)cc2)cc1OCC. The molecule has 0 atom stereocenters. The number of nitrogens with zero attached hydrogens (tertiary/aromatic N) is 2. The molecule has 0 spiro atoms. The fraction of sp³-hybridized carbons (Fsp3) is 0.267. The van der Waals surface area contributed by atoms with E-state index in [-0.39, 0.29) is 12.6 Å². The summed E-state index contributed by atoms with van der Waals surface area (Å²) in [4.78, 5) is 12.7. The van der Waals surface area contributed by atoms with Gasteiger partial charge in [-0.2, -0.15) is 5.10 Å². The maximum atomic E-state index is 12.7. The Labute approximate surface area is 223 Å². The minimum Gasteiger partial charge on any atom is -0.490 e. The zero-order valence-electron chi connectivity index (χ0n) is 22.2. The van der Waals surface area contributed by atoms with Gasteiger partial charge in [0.2, 0.25) is 0 Å². The van der Waals surface area contributed by atoms with Gasteiger partial charge >= 0.3 is 0 Å². The molecule has 0 aliphatic heterocycles. The Morgan fingerprint density at radius 2 is 1.58 bits per heavy atom. The minimum absolute atomic E-state index is 0.212. The van der Waals surface area contributed by atoms with E-state index in [2.05, 4.69) is 10.4 Å². The van der Waals surface area contributed by atoms with Crippen LogP contribution >= 0.6 is 0 Å². The van der Waals surface area contributed by atoms with Crippen LogP contribution in [-0.2, 0) is 13.3 Å². The molecule has 0 radical (unpaired) electrons. The number of hydrogen-bond acceptors (Lipinski definition) is 6. The Kier molecular flexibility index (Phi) is 8.87. The van der Waals surface area contributed by atoms with Crippen molar-refractivity contribution < 1.29 is 23.7 Å². The second kappa shape index (κ2) is 12.7. The number of amides is 1. The lowest BCUT2D eigenvalue weighted by molar-refractivity contribution is 0.102. The van der Waals surface area contributed by atoms with Crippen molar-refractivity contribution in [1.29, 1.82) is 0 Å². The summed E-state index contributed by atoms with van der Waals surface area (Å²) in [5.74, 6) is 2.60. The third-order valence-corrected chi connectivity index (χ3v) is 5.69. The van der Waals surface area contributed by atoms with E-state index >= 15 is 0 Å². The molecular weight excluding hydrogens is 482 g/mol. The average molecular weight is 516 g/mol. The first kappa shape index (κ1) is 26.6. The Hall–Kier alpha value is -4.46. The molecule has 198 valence electrons. The summed E-state index contributed by atoms with van der Waals surface area (Å²) < 4.78 is 24.7. The van der Waals surface area contributed by atoms with Crippen molar-refractivity contribution in [3.63, 3.8) is 0 Å². The molecule has 0 unspecified atom stereocenters. The Morgan fingerprint density at radius 3 is 2.34 bits per heavy atom. The van der Waals surface area contributed by atoms with Crippen molar-refractivity contribution in [2.75, 3.05) is 18.5 Å². The van der Waals surface area contributed by atoms with E-state index in [1.807, 2.05) is 76.2 Å². The smallest absolute Gasteiger partial charge is 0.276 e. The van der Waals surface area contributed by atoms with Crippen LogP contribution in [0.2, 0.25) is 0 Å². The van der Waals surface area contributed by atoms with Crippen LogP contribution < -0.4 is 24.3 Å². The number of ether oxygens (including phenoxy) is 4. The van der Waals surface area contributed by atoms with E-state index in [1.165, 1.54) is 0 Å². The first-order chi connectivity index (χ1) is 18.4. The van der Waals surface area contributed by atoms with E-state index < -0.39 is 0 Å². The van der Waals surface area contributed by atoms with Gasteiger partial charge in [0.1, 0.15) is 18.1 Å². The fourth-order valence-corrected chi connectivity index (χ4v) is 3.73. The van der Waals surface area contributed by atoms with E-state index in [0.717, 1.165) is 28.2 Å². The summed E-state index contributed by atoms with van der Waals surface area (Å²) in [6.45, 7) is 9.60. The molecule has 38 heavy (non-hydrogen) atoms. The van der Waals surface area contributed by atoms with Crippen molar-refractivity contribution in [3.8, 4) is 23.0 Å². The number of benzene rings is 3. The van der Waals surface area contributed by atoms with Crippen LogP contribution in [0.25, 0.3) is 0 Å². The molecule has 8 heteroatoms. The maximum absolute atomic E-state index is 12.7. The van der Waals surface area contributed by atoms with Gasteiger partial charge in [-0.25, -0.2) is 4.68 Å². The first-order valence-electron chi connectivity index (χ1n) is 12.6. The lowest BCUT2D eigenvalue weighted by atomic mass is 10.1. The van der Waals surface area contributed by atoms with Gasteiger partial charge in [0.05, 0.1) is 13.2 Å². The van der Waals surface area contributed by atoms with Crippen molar-refractivity contribution in [2.24, 2.45) is 0 Å². The lowest BCUT2D eigenvalue weighted by Crippen LogP contribution is -2.14. The van der Waals surface area contributed by atoms with E-state index in [9.17, 15) is 4.79 Å². The van der Waals surface area contributed by atoms with Gasteiger partial charge in [-0.05, 0) is 92.9 Å². The first-order valence-corrected chi connectivity index (χ1v) is 12.6. The summed E-state index contributed by atoms with van der Waals surface area (Å²) in [6.07, 6.45) is 1.72. The summed E-state index contributed by atoms with van der Waals surface area (Å²) >= 11 is 0. The van der Waals surface area contributed by atoms with E-state index in [1.54, 1.807) is 29.1 Å². The van der Waals surface area contributed by atoms with Crippen LogP contribution in [0.15, 0.2) is 72.9 Å². The van der Waals surface area contributed by atoms with Crippen molar-refractivity contribution >= 4 is 11.6 Å². The largest absolute Gasteiger partial charge is 0.490 e. The van der Waals surface area contributed by atoms with Gasteiger partial charge in [-0.15, -0.1) is 0 Å². The molecule has 1 heterocycles. The van der Waals surface area contributed by atoms with Crippen LogP contribution in [0.1, 0.15) is 41.0 Å². The molecular formula is C30H33N3O5. The molecule has 0 aliphatic rings. The highest BCUT2D eigenvalue weighted by Crippen LogP contribution is 2.29. The second-order valence-electron chi connectivity index (χ2n) is 8.70. The molecule has 1 aromatic heterocycles. The minimum atomic E-state index is -0.304. The number of carbonyl (C=O) groups is 1. The molecule has 0 fully saturated rings. The Bertz CT molecular complexity index is 1360. The van der Waals surface area contributed by atoms with Crippen LogP contribution in [0.5, 0.6) is 23.0 Å². The monoisotopic (exact) mass is 515 g/mol. The molecule has 1 N–H and O–H groups in total. The summed E-state index contributed by atoms with van der Waals surface area (Å²) in [5, 5.41) is 7.19. The molecule has 0 saturated heterocycles. The molecule has 0 saturated carbocycles. The lowest BCUT2D eigenvalue weighted by Gasteiger charge is -2.13.